The van der Waals surface area contributed by atoms with Crippen LogP contribution in [0.25, 0.3) is 11.0 Å². The molecule has 1 saturated heterocycles. The third-order valence-corrected chi connectivity index (χ3v) is 7.68. The van der Waals surface area contributed by atoms with E-state index in [0.29, 0.717) is 33.2 Å². The number of halogens is 2. The van der Waals surface area contributed by atoms with Crippen LogP contribution in [0.15, 0.2) is 71.6 Å². The standard InChI is InChI=1S/C26H25ClN6O4S.ClH/c1-37-17-11-12-19(27)23(15-17)32-24-25(31-21-9-3-2-8-20(21)30-24)33-38(35,36)18-7-4-6-16(14-18)29-26(34)22-10-5-13-28-22;/h2-4,6-9,11-12,14-15,22,28H,5,10,13H2,1H3,(H,29,34)(H,30,32)(H,31,33);1H/t22-;/m0./s1. The van der Waals surface area contributed by atoms with Gasteiger partial charge in [0.25, 0.3) is 10.0 Å². The van der Waals surface area contributed by atoms with E-state index in [1.807, 2.05) is 6.07 Å². The Morgan fingerprint density at radius 1 is 1.03 bits per heavy atom. The van der Waals surface area contributed by atoms with Crippen LogP contribution in [-0.2, 0) is 14.8 Å². The molecular formula is C26H26Cl2N6O4S. The molecule has 2 heterocycles. The fourth-order valence-corrected chi connectivity index (χ4v) is 5.30. The first-order valence-electron chi connectivity index (χ1n) is 11.9. The molecule has 4 aromatic rings. The van der Waals surface area contributed by atoms with Crippen LogP contribution in [-0.4, -0.2) is 44.0 Å². The lowest BCUT2D eigenvalue weighted by atomic mass is 10.2. The summed E-state index contributed by atoms with van der Waals surface area (Å²) in [6.07, 6.45) is 1.65. The number of hydrogen-bond donors (Lipinski definition) is 4. The lowest BCUT2D eigenvalue weighted by Gasteiger charge is -2.16. The van der Waals surface area contributed by atoms with Crippen LogP contribution >= 0.6 is 24.0 Å². The molecule has 1 aliphatic heterocycles. The van der Waals surface area contributed by atoms with Crippen molar-refractivity contribution in [1.29, 1.82) is 0 Å². The van der Waals surface area contributed by atoms with Gasteiger partial charge >= 0.3 is 0 Å². The third-order valence-electron chi connectivity index (χ3n) is 6.02. The second-order valence-electron chi connectivity index (χ2n) is 8.65. The summed E-state index contributed by atoms with van der Waals surface area (Å²) in [7, 11) is -2.58. The molecule has 0 aliphatic carbocycles. The monoisotopic (exact) mass is 588 g/mol. The highest BCUT2D eigenvalue weighted by Gasteiger charge is 2.23. The Bertz CT molecular complexity index is 1610. The number of ether oxygens (including phenoxy) is 1. The van der Waals surface area contributed by atoms with E-state index in [4.69, 9.17) is 16.3 Å². The number of benzene rings is 3. The maximum atomic E-state index is 13.4. The fourth-order valence-electron chi connectivity index (χ4n) is 4.08. The van der Waals surface area contributed by atoms with Crippen molar-refractivity contribution in [2.24, 2.45) is 0 Å². The van der Waals surface area contributed by atoms with Gasteiger partial charge < -0.3 is 20.7 Å². The Morgan fingerprint density at radius 3 is 2.46 bits per heavy atom. The molecule has 0 bridgehead atoms. The van der Waals surface area contributed by atoms with Crippen LogP contribution in [0.5, 0.6) is 5.75 Å². The number of carbonyl (C=O) groups is 1. The van der Waals surface area contributed by atoms with E-state index in [9.17, 15) is 13.2 Å². The van der Waals surface area contributed by atoms with Crippen molar-refractivity contribution in [2.45, 2.75) is 23.8 Å². The second kappa shape index (κ2) is 12.0. The molecule has 3 aromatic carbocycles. The van der Waals surface area contributed by atoms with Gasteiger partial charge in [-0.15, -0.1) is 12.4 Å². The van der Waals surface area contributed by atoms with Crippen LogP contribution in [0.1, 0.15) is 12.8 Å². The maximum Gasteiger partial charge on any atom is 0.263 e. The topological polar surface area (TPSA) is 134 Å². The maximum absolute atomic E-state index is 13.4. The van der Waals surface area contributed by atoms with E-state index in [-0.39, 0.29) is 40.9 Å². The second-order valence-corrected chi connectivity index (χ2v) is 10.7. The Hall–Kier alpha value is -3.64. The Balaban J connectivity index is 0.00000353. The van der Waals surface area contributed by atoms with Crippen molar-refractivity contribution in [3.8, 4) is 5.75 Å². The van der Waals surface area contributed by atoms with Crippen LogP contribution in [0, 0.1) is 0 Å². The molecule has 5 rings (SSSR count). The number of methoxy groups -OCH3 is 1. The number of nitrogens with one attached hydrogen (secondary N) is 4. The first kappa shape index (κ1) is 28.4. The number of sulfonamides is 1. The number of hydrogen-bond acceptors (Lipinski definition) is 8. The Labute approximate surface area is 237 Å². The fraction of sp³-hybridized carbons (Fsp3) is 0.192. The molecule has 39 heavy (non-hydrogen) atoms. The average molecular weight is 590 g/mol. The Morgan fingerprint density at radius 2 is 1.77 bits per heavy atom. The molecule has 1 aromatic heterocycles. The molecule has 0 spiro atoms. The number of fused-ring (bicyclic) bond motifs is 1. The van der Waals surface area contributed by atoms with Gasteiger partial charge in [-0.3, -0.25) is 9.52 Å². The number of amides is 1. The SMILES string of the molecule is COc1ccc(Cl)c(Nc2nc3ccccc3nc2NS(=O)(=O)c2cccc(NC(=O)[C@@H]3CCCN3)c2)c1.Cl. The number of aromatic nitrogens is 2. The molecule has 10 nitrogen and oxygen atoms in total. The highest BCUT2D eigenvalue weighted by molar-refractivity contribution is 7.92. The van der Waals surface area contributed by atoms with Gasteiger partial charge in [0.05, 0.1) is 39.8 Å². The molecule has 1 aliphatic rings. The number of nitrogens with zero attached hydrogens (tertiary/aromatic N) is 2. The zero-order chi connectivity index (χ0) is 26.7. The lowest BCUT2D eigenvalue weighted by molar-refractivity contribution is -0.117. The van der Waals surface area contributed by atoms with E-state index in [1.54, 1.807) is 48.5 Å². The minimum Gasteiger partial charge on any atom is -0.497 e. The highest BCUT2D eigenvalue weighted by Crippen LogP contribution is 2.33. The minimum atomic E-state index is -4.11. The number of rotatable bonds is 8. The molecule has 0 radical (unpaired) electrons. The van der Waals surface area contributed by atoms with Crippen LogP contribution in [0.4, 0.5) is 23.0 Å². The van der Waals surface area contributed by atoms with Gasteiger partial charge in [0, 0.05) is 11.8 Å². The van der Waals surface area contributed by atoms with Crippen molar-refractivity contribution < 1.29 is 17.9 Å². The largest absolute Gasteiger partial charge is 0.497 e. The zero-order valence-corrected chi connectivity index (χ0v) is 23.2. The molecule has 204 valence electrons. The smallest absolute Gasteiger partial charge is 0.263 e. The van der Waals surface area contributed by atoms with Gasteiger partial charge in [0.15, 0.2) is 11.6 Å². The molecule has 4 N–H and O–H groups in total. The molecule has 1 amide bonds. The molecular weight excluding hydrogens is 563 g/mol. The van der Waals surface area contributed by atoms with Crippen molar-refractivity contribution in [3.05, 3.63) is 71.8 Å². The van der Waals surface area contributed by atoms with E-state index in [2.05, 4.69) is 30.6 Å². The third kappa shape index (κ3) is 6.51. The van der Waals surface area contributed by atoms with Crippen LogP contribution in [0.3, 0.4) is 0 Å². The van der Waals surface area contributed by atoms with Gasteiger partial charge in [-0.25, -0.2) is 18.4 Å². The zero-order valence-electron chi connectivity index (χ0n) is 20.8. The lowest BCUT2D eigenvalue weighted by Crippen LogP contribution is -2.35. The minimum absolute atomic E-state index is 0. The van der Waals surface area contributed by atoms with E-state index >= 15 is 0 Å². The summed E-state index contributed by atoms with van der Waals surface area (Å²) in [5.41, 5.74) is 1.89. The van der Waals surface area contributed by atoms with Crippen molar-refractivity contribution in [2.75, 3.05) is 29.0 Å². The number of anilines is 4. The summed E-state index contributed by atoms with van der Waals surface area (Å²) in [6, 6.07) is 17.9. The predicted octanol–water partition coefficient (Wildman–Crippen LogP) is 4.95. The highest BCUT2D eigenvalue weighted by atomic mass is 35.5. The first-order chi connectivity index (χ1) is 18.3. The van der Waals surface area contributed by atoms with E-state index in [1.165, 1.54) is 19.2 Å². The van der Waals surface area contributed by atoms with Crippen LogP contribution < -0.4 is 25.4 Å². The normalized spacial score (nSPS) is 14.9. The van der Waals surface area contributed by atoms with Crippen molar-refractivity contribution in [1.82, 2.24) is 15.3 Å². The molecule has 1 atom stereocenters. The molecule has 0 unspecified atom stereocenters. The van der Waals surface area contributed by atoms with Crippen molar-refractivity contribution in [3.63, 3.8) is 0 Å². The Kier molecular flexibility index (Phi) is 8.76. The summed E-state index contributed by atoms with van der Waals surface area (Å²) in [6.45, 7) is 0.778. The summed E-state index contributed by atoms with van der Waals surface area (Å²) >= 11 is 6.36. The van der Waals surface area contributed by atoms with Gasteiger partial charge in [-0.05, 0) is 61.9 Å². The first-order valence-corrected chi connectivity index (χ1v) is 13.7. The van der Waals surface area contributed by atoms with E-state index in [0.717, 1.165) is 19.4 Å². The van der Waals surface area contributed by atoms with Gasteiger partial charge in [-0.1, -0.05) is 29.8 Å². The number of carbonyl (C=O) groups excluding carboxylic acids is 1. The van der Waals surface area contributed by atoms with E-state index < -0.39 is 10.0 Å². The quantitative estimate of drug-likeness (QED) is 0.227. The van der Waals surface area contributed by atoms with Crippen molar-refractivity contribution >= 4 is 74.0 Å². The summed E-state index contributed by atoms with van der Waals surface area (Å²) in [5.74, 6) is 0.484. The summed E-state index contributed by atoms with van der Waals surface area (Å²) in [5, 5.41) is 9.37. The molecule has 13 heteroatoms. The van der Waals surface area contributed by atoms with Gasteiger partial charge in [0.2, 0.25) is 5.91 Å². The number of para-hydroxylation sites is 2. The summed E-state index contributed by atoms with van der Waals surface area (Å²) < 4.78 is 34.7. The summed E-state index contributed by atoms with van der Waals surface area (Å²) in [4.78, 5) is 21.5. The average Bonchev–Trinajstić information content (AvgIpc) is 3.46. The van der Waals surface area contributed by atoms with Gasteiger partial charge in [0.1, 0.15) is 5.75 Å². The van der Waals surface area contributed by atoms with Crippen LogP contribution in [0.2, 0.25) is 5.02 Å². The van der Waals surface area contributed by atoms with Gasteiger partial charge in [-0.2, -0.15) is 0 Å². The predicted molar refractivity (Wildman–Crippen MR) is 155 cm³/mol. The molecule has 1 fully saturated rings. The molecule has 0 saturated carbocycles.